The van der Waals surface area contributed by atoms with Gasteiger partial charge in [0.1, 0.15) is 23.3 Å². The molecule has 0 bridgehead atoms. The van der Waals surface area contributed by atoms with Crippen LogP contribution in [0.5, 0.6) is 17.2 Å². The van der Waals surface area contributed by atoms with Gasteiger partial charge in [0.05, 0.1) is 47.3 Å². The van der Waals surface area contributed by atoms with Crippen molar-refractivity contribution in [3.8, 4) is 17.2 Å². The molecular formula is C21H13B3FN3O5. The Morgan fingerprint density at radius 2 is 1.85 bits per heavy atom. The minimum atomic E-state index is -1.96. The molecule has 2 amide bonds. The highest BCUT2D eigenvalue weighted by Gasteiger charge is 2.21. The summed E-state index contributed by atoms with van der Waals surface area (Å²) in [6.07, 6.45) is 2.56. The molecule has 0 saturated carbocycles. The first-order valence-electron chi connectivity index (χ1n) is 9.41. The molecule has 0 unspecified atom stereocenters. The number of primary amides is 1. The molecule has 4 aromatic rings. The van der Waals surface area contributed by atoms with Gasteiger partial charge >= 0.3 is 0 Å². The molecule has 33 heavy (non-hydrogen) atoms. The van der Waals surface area contributed by atoms with Crippen molar-refractivity contribution in [1.29, 1.82) is 0 Å². The second kappa shape index (κ2) is 8.20. The summed E-state index contributed by atoms with van der Waals surface area (Å²) in [7, 11) is 17.5. The Hall–Kier alpha value is -3.95. The third-order valence-corrected chi connectivity index (χ3v) is 4.71. The van der Waals surface area contributed by atoms with Crippen LogP contribution in [-0.2, 0) is 0 Å². The van der Waals surface area contributed by atoms with E-state index < -0.39 is 22.9 Å². The van der Waals surface area contributed by atoms with Crippen molar-refractivity contribution in [3.05, 3.63) is 59.7 Å². The van der Waals surface area contributed by atoms with Crippen LogP contribution >= 0.6 is 0 Å². The van der Waals surface area contributed by atoms with Crippen molar-refractivity contribution in [1.82, 2.24) is 10.3 Å². The number of aromatic nitrogens is 1. The van der Waals surface area contributed by atoms with E-state index in [1.54, 1.807) is 0 Å². The number of nitrogens with two attached hydrogens (primary N) is 1. The largest absolute Gasteiger partial charge is 0.496 e. The molecule has 2 aromatic heterocycles. The van der Waals surface area contributed by atoms with Crippen molar-refractivity contribution in [2.45, 2.75) is 5.24 Å². The van der Waals surface area contributed by atoms with E-state index in [4.69, 9.17) is 43.2 Å². The lowest BCUT2D eigenvalue weighted by molar-refractivity contribution is 0.0951. The standard InChI is InChI=1S/C21H13B3FN3O5/c1-31-16-6-14-10(4-11(16)19(26)29)15(2-3-27-14)33-18-7-17-9(5-13(18)25)12(8-32-17)20(30)28-21(22,23)24/h2-8H,1H3,(H2,26,29)(H,28,30). The number of benzene rings is 2. The Kier molecular flexibility index (Phi) is 5.53. The van der Waals surface area contributed by atoms with E-state index >= 15 is 0 Å². The van der Waals surface area contributed by atoms with Crippen LogP contribution in [0.3, 0.4) is 0 Å². The van der Waals surface area contributed by atoms with Gasteiger partial charge in [-0.15, -0.1) is 0 Å². The summed E-state index contributed by atoms with van der Waals surface area (Å²) in [5, 5.41) is 0.750. The summed E-state index contributed by atoms with van der Waals surface area (Å²) in [5.41, 5.74) is 6.10. The lowest BCUT2D eigenvalue weighted by atomic mass is 9.49. The number of hydrogen-bond donors (Lipinski definition) is 2. The monoisotopic (exact) mass is 439 g/mol. The van der Waals surface area contributed by atoms with Crippen molar-refractivity contribution >= 4 is 57.2 Å². The highest BCUT2D eigenvalue weighted by molar-refractivity contribution is 6.60. The minimum Gasteiger partial charge on any atom is -0.496 e. The van der Waals surface area contributed by atoms with Gasteiger partial charge in [-0.05, 0) is 18.2 Å². The number of fused-ring (bicyclic) bond motifs is 2. The second-order valence-corrected chi connectivity index (χ2v) is 7.16. The molecule has 2 heterocycles. The van der Waals surface area contributed by atoms with Gasteiger partial charge in [-0.25, -0.2) is 4.39 Å². The summed E-state index contributed by atoms with van der Waals surface area (Å²) >= 11 is 0. The number of pyridine rings is 1. The molecule has 0 saturated heterocycles. The lowest BCUT2D eigenvalue weighted by Gasteiger charge is -2.21. The first-order valence-corrected chi connectivity index (χ1v) is 9.41. The predicted molar refractivity (Wildman–Crippen MR) is 121 cm³/mol. The Balaban J connectivity index is 1.75. The third-order valence-electron chi connectivity index (χ3n) is 4.71. The van der Waals surface area contributed by atoms with E-state index in [0.29, 0.717) is 10.9 Å². The van der Waals surface area contributed by atoms with E-state index in [9.17, 15) is 14.0 Å². The van der Waals surface area contributed by atoms with Crippen molar-refractivity contribution < 1.29 is 27.9 Å². The summed E-state index contributed by atoms with van der Waals surface area (Å²) < 4.78 is 31.2. The van der Waals surface area contributed by atoms with E-state index in [2.05, 4.69) is 10.3 Å². The number of hydrogen-bond acceptors (Lipinski definition) is 6. The van der Waals surface area contributed by atoms with Crippen molar-refractivity contribution in [2.75, 3.05) is 7.11 Å². The number of rotatable bonds is 6. The highest BCUT2D eigenvalue weighted by atomic mass is 19.1. The van der Waals surface area contributed by atoms with Gasteiger partial charge < -0.3 is 24.9 Å². The number of nitrogens with one attached hydrogen (secondary N) is 1. The molecule has 0 aliphatic heterocycles. The van der Waals surface area contributed by atoms with E-state index in [-0.39, 0.29) is 39.3 Å². The molecule has 0 atom stereocenters. The van der Waals surface area contributed by atoms with Gasteiger partial charge in [-0.3, -0.25) is 14.6 Å². The smallest absolute Gasteiger partial charge is 0.253 e. The Morgan fingerprint density at radius 1 is 1.09 bits per heavy atom. The molecule has 158 valence electrons. The third kappa shape index (κ3) is 4.36. The number of amides is 2. The zero-order chi connectivity index (χ0) is 23.9. The second-order valence-electron chi connectivity index (χ2n) is 7.16. The van der Waals surface area contributed by atoms with Gasteiger partial charge in [0.15, 0.2) is 11.6 Å². The average Bonchev–Trinajstić information content (AvgIpc) is 3.14. The molecule has 0 aliphatic rings. The topological polar surface area (TPSA) is 117 Å². The van der Waals surface area contributed by atoms with Gasteiger partial charge in [0.2, 0.25) is 0 Å². The quantitative estimate of drug-likeness (QED) is 0.444. The number of methoxy groups -OCH3 is 1. The molecule has 2 aromatic carbocycles. The fourth-order valence-corrected chi connectivity index (χ4v) is 3.26. The summed E-state index contributed by atoms with van der Waals surface area (Å²) in [4.78, 5) is 28.3. The van der Waals surface area contributed by atoms with Crippen LogP contribution < -0.4 is 20.5 Å². The average molecular weight is 439 g/mol. The SMILES string of the molecule is [B]C([B])([B])NC(=O)c1coc2cc(Oc3ccnc4cc(OC)c(C(N)=O)cc34)c(F)cc12. The summed E-state index contributed by atoms with van der Waals surface area (Å²) in [6.45, 7) is 0. The maximum absolute atomic E-state index is 14.9. The minimum absolute atomic E-state index is 0.0197. The number of carbonyl (C=O) groups excluding carboxylic acids is 2. The lowest BCUT2D eigenvalue weighted by Crippen LogP contribution is -2.50. The molecule has 8 nitrogen and oxygen atoms in total. The first-order chi connectivity index (χ1) is 15.6. The van der Waals surface area contributed by atoms with Crippen LogP contribution in [0.25, 0.3) is 21.9 Å². The van der Waals surface area contributed by atoms with Gasteiger partial charge in [0, 0.05) is 29.1 Å². The number of nitrogens with zero attached hydrogens (tertiary/aromatic N) is 1. The van der Waals surface area contributed by atoms with E-state index in [1.165, 1.54) is 37.6 Å². The summed E-state index contributed by atoms with van der Waals surface area (Å²) in [6, 6.07) is 6.80. The molecule has 0 fully saturated rings. The van der Waals surface area contributed by atoms with Crippen LogP contribution in [0.1, 0.15) is 20.7 Å². The molecule has 0 aliphatic carbocycles. The Morgan fingerprint density at radius 3 is 2.52 bits per heavy atom. The Bertz CT molecular complexity index is 1420. The van der Waals surface area contributed by atoms with E-state index in [1.807, 2.05) is 0 Å². The number of halogens is 1. The van der Waals surface area contributed by atoms with Crippen molar-refractivity contribution in [2.24, 2.45) is 5.73 Å². The molecule has 4 rings (SSSR count). The van der Waals surface area contributed by atoms with Crippen LogP contribution in [0, 0.1) is 5.82 Å². The predicted octanol–water partition coefficient (Wildman–Crippen LogP) is 1.87. The fourth-order valence-electron chi connectivity index (χ4n) is 3.26. The zero-order valence-electron chi connectivity index (χ0n) is 17.2. The van der Waals surface area contributed by atoms with Crippen molar-refractivity contribution in [3.63, 3.8) is 0 Å². The number of carbonyl (C=O) groups is 2. The number of ether oxygens (including phenoxy) is 2. The first kappa shape index (κ1) is 22.3. The van der Waals surface area contributed by atoms with Gasteiger partial charge in [0.25, 0.3) is 11.8 Å². The van der Waals surface area contributed by atoms with Gasteiger partial charge in [-0.2, -0.15) is 0 Å². The highest BCUT2D eigenvalue weighted by Crippen LogP contribution is 2.36. The van der Waals surface area contributed by atoms with Crippen LogP contribution in [0.4, 0.5) is 4.39 Å². The van der Waals surface area contributed by atoms with E-state index in [0.717, 1.165) is 12.3 Å². The maximum Gasteiger partial charge on any atom is 0.253 e. The summed E-state index contributed by atoms with van der Waals surface area (Å²) in [5.74, 6) is -2.00. The zero-order valence-corrected chi connectivity index (χ0v) is 17.2. The van der Waals surface area contributed by atoms with Gasteiger partial charge in [-0.1, -0.05) is 5.24 Å². The fraction of sp³-hybridized carbons (Fsp3) is 0.0952. The van der Waals surface area contributed by atoms with Crippen LogP contribution in [0.15, 0.2) is 47.2 Å². The maximum atomic E-state index is 14.9. The molecular weight excluding hydrogens is 426 g/mol. The molecule has 0 spiro atoms. The van der Waals surface area contributed by atoms with Crippen LogP contribution in [-0.4, -0.2) is 52.7 Å². The Labute approximate surface area is 190 Å². The van der Waals surface area contributed by atoms with Crippen LogP contribution in [0.2, 0.25) is 0 Å². The molecule has 3 N–H and O–H groups in total. The molecule has 6 radical (unpaired) electrons. The molecule has 12 heteroatoms. The normalized spacial score (nSPS) is 11.5. The number of furan rings is 1.